The van der Waals surface area contributed by atoms with Crippen LogP contribution in [0.15, 0.2) is 47.3 Å². The molecule has 3 aromatic heterocycles. The Morgan fingerprint density at radius 3 is 2.68 bits per heavy atom. The fourth-order valence-corrected chi connectivity index (χ4v) is 1.72. The average Bonchev–Trinajstić information content (AvgIpc) is 3.06. The van der Waals surface area contributed by atoms with Crippen LogP contribution in [0.5, 0.6) is 0 Å². The third-order valence-corrected chi connectivity index (χ3v) is 2.75. The summed E-state index contributed by atoms with van der Waals surface area (Å²) in [6.07, 6.45) is 9.10. The van der Waals surface area contributed by atoms with E-state index in [4.69, 9.17) is 4.42 Å². The van der Waals surface area contributed by atoms with Gasteiger partial charge in [0.15, 0.2) is 0 Å². The normalized spacial score (nSPS) is 11.2. The zero-order valence-electron chi connectivity index (χ0n) is 10.4. The SMILES string of the molecule is Cn1cccc1/C=C/c1nnc(-c2ccncc2)o1. The lowest BCUT2D eigenvalue weighted by molar-refractivity contribution is 0.558. The van der Waals surface area contributed by atoms with E-state index in [1.165, 1.54) is 0 Å². The van der Waals surface area contributed by atoms with Crippen molar-refractivity contribution in [1.82, 2.24) is 19.7 Å². The molecular weight excluding hydrogens is 240 g/mol. The fourth-order valence-electron chi connectivity index (χ4n) is 1.72. The van der Waals surface area contributed by atoms with E-state index in [-0.39, 0.29) is 0 Å². The van der Waals surface area contributed by atoms with Crippen molar-refractivity contribution in [3.8, 4) is 11.5 Å². The van der Waals surface area contributed by atoms with Gasteiger partial charge in [-0.25, -0.2) is 0 Å². The first-order valence-corrected chi connectivity index (χ1v) is 5.86. The second kappa shape index (κ2) is 4.89. The molecule has 0 radical (unpaired) electrons. The van der Waals surface area contributed by atoms with Gasteiger partial charge in [-0.1, -0.05) is 0 Å². The highest BCUT2D eigenvalue weighted by Gasteiger charge is 2.05. The summed E-state index contributed by atoms with van der Waals surface area (Å²) < 4.78 is 7.57. The smallest absolute Gasteiger partial charge is 0.248 e. The Morgan fingerprint density at radius 2 is 1.95 bits per heavy atom. The number of pyridine rings is 1. The predicted octanol–water partition coefficient (Wildman–Crippen LogP) is 2.64. The fraction of sp³-hybridized carbons (Fsp3) is 0.0714. The third kappa shape index (κ3) is 2.44. The van der Waals surface area contributed by atoms with E-state index < -0.39 is 0 Å². The van der Waals surface area contributed by atoms with Crippen LogP contribution in [0.1, 0.15) is 11.6 Å². The summed E-state index contributed by atoms with van der Waals surface area (Å²) in [5, 5.41) is 7.99. The highest BCUT2D eigenvalue weighted by atomic mass is 16.4. The maximum atomic E-state index is 5.56. The lowest BCUT2D eigenvalue weighted by Crippen LogP contribution is -1.86. The van der Waals surface area contributed by atoms with Gasteiger partial charge in [-0.3, -0.25) is 4.98 Å². The van der Waals surface area contributed by atoms with E-state index in [1.54, 1.807) is 18.5 Å². The molecule has 3 aromatic rings. The van der Waals surface area contributed by atoms with E-state index in [0.29, 0.717) is 11.8 Å². The summed E-state index contributed by atoms with van der Waals surface area (Å²) in [5.74, 6) is 0.974. The van der Waals surface area contributed by atoms with Crippen molar-refractivity contribution in [2.75, 3.05) is 0 Å². The van der Waals surface area contributed by atoms with Crippen LogP contribution in [0.2, 0.25) is 0 Å². The molecule has 3 rings (SSSR count). The summed E-state index contributed by atoms with van der Waals surface area (Å²) in [6, 6.07) is 7.66. The molecule has 0 aromatic carbocycles. The minimum atomic E-state index is 0.480. The quantitative estimate of drug-likeness (QED) is 0.719. The average molecular weight is 252 g/mol. The molecule has 19 heavy (non-hydrogen) atoms. The molecule has 0 bridgehead atoms. The Morgan fingerprint density at radius 1 is 1.11 bits per heavy atom. The number of aryl methyl sites for hydroxylation is 1. The van der Waals surface area contributed by atoms with E-state index in [2.05, 4.69) is 15.2 Å². The summed E-state index contributed by atoms with van der Waals surface area (Å²) >= 11 is 0. The zero-order valence-corrected chi connectivity index (χ0v) is 10.4. The van der Waals surface area contributed by atoms with Crippen LogP contribution in [0.3, 0.4) is 0 Å². The lowest BCUT2D eigenvalue weighted by Gasteiger charge is -1.94. The molecule has 5 nitrogen and oxygen atoms in total. The number of nitrogens with zero attached hydrogens (tertiary/aromatic N) is 4. The first-order chi connectivity index (χ1) is 9.33. The van der Waals surface area contributed by atoms with Gasteiger partial charge >= 0.3 is 0 Å². The predicted molar refractivity (Wildman–Crippen MR) is 71.9 cm³/mol. The van der Waals surface area contributed by atoms with Crippen molar-refractivity contribution in [2.45, 2.75) is 0 Å². The third-order valence-electron chi connectivity index (χ3n) is 2.75. The van der Waals surface area contributed by atoms with Crippen LogP contribution >= 0.6 is 0 Å². The van der Waals surface area contributed by atoms with Crippen molar-refractivity contribution >= 4 is 12.2 Å². The minimum Gasteiger partial charge on any atom is -0.417 e. The summed E-state index contributed by atoms with van der Waals surface area (Å²) in [5.41, 5.74) is 1.93. The Kier molecular flexibility index (Phi) is 2.94. The molecule has 94 valence electrons. The molecular formula is C14H12N4O. The zero-order chi connectivity index (χ0) is 13.1. The maximum absolute atomic E-state index is 5.56. The molecule has 0 spiro atoms. The minimum absolute atomic E-state index is 0.480. The molecule has 3 heterocycles. The number of hydrogen-bond acceptors (Lipinski definition) is 4. The van der Waals surface area contributed by atoms with Crippen molar-refractivity contribution < 1.29 is 4.42 Å². The van der Waals surface area contributed by atoms with E-state index in [1.807, 2.05) is 48.2 Å². The monoisotopic (exact) mass is 252 g/mol. The first-order valence-electron chi connectivity index (χ1n) is 5.86. The van der Waals surface area contributed by atoms with Crippen molar-refractivity contribution in [3.05, 3.63) is 54.4 Å². The Hall–Kier alpha value is -2.69. The van der Waals surface area contributed by atoms with E-state index in [0.717, 1.165) is 11.3 Å². The summed E-state index contributed by atoms with van der Waals surface area (Å²) in [4.78, 5) is 3.95. The van der Waals surface area contributed by atoms with Crippen LogP contribution in [0, 0.1) is 0 Å². The van der Waals surface area contributed by atoms with Crippen LogP contribution in [-0.4, -0.2) is 19.7 Å². The lowest BCUT2D eigenvalue weighted by atomic mass is 10.3. The van der Waals surface area contributed by atoms with E-state index in [9.17, 15) is 0 Å². The van der Waals surface area contributed by atoms with Gasteiger partial charge in [0.1, 0.15) is 0 Å². The van der Waals surface area contributed by atoms with Crippen LogP contribution in [0.25, 0.3) is 23.6 Å². The Labute approximate surface area is 110 Å². The van der Waals surface area contributed by atoms with Crippen LogP contribution < -0.4 is 0 Å². The van der Waals surface area contributed by atoms with Gasteiger partial charge in [0.05, 0.1) is 0 Å². The molecule has 0 saturated carbocycles. The standard InChI is InChI=1S/C14H12N4O/c1-18-10-2-3-12(18)4-5-13-16-17-14(19-13)11-6-8-15-9-7-11/h2-10H,1H3/b5-4+. The first kappa shape index (κ1) is 11.4. The van der Waals surface area contributed by atoms with Crippen molar-refractivity contribution in [2.24, 2.45) is 7.05 Å². The van der Waals surface area contributed by atoms with Gasteiger partial charge in [-0.15, -0.1) is 10.2 Å². The molecule has 5 heteroatoms. The molecule has 0 atom stereocenters. The van der Waals surface area contributed by atoms with Gasteiger partial charge in [-0.05, 0) is 30.3 Å². The molecule has 0 aliphatic heterocycles. The highest BCUT2D eigenvalue weighted by molar-refractivity contribution is 5.64. The van der Waals surface area contributed by atoms with E-state index >= 15 is 0 Å². The summed E-state index contributed by atoms with van der Waals surface area (Å²) in [7, 11) is 1.98. The maximum Gasteiger partial charge on any atom is 0.248 e. The largest absolute Gasteiger partial charge is 0.417 e. The second-order valence-corrected chi connectivity index (χ2v) is 4.06. The van der Waals surface area contributed by atoms with Gasteiger partial charge in [0, 0.05) is 43.0 Å². The van der Waals surface area contributed by atoms with Gasteiger partial charge in [-0.2, -0.15) is 0 Å². The van der Waals surface area contributed by atoms with Crippen LogP contribution in [0.4, 0.5) is 0 Å². The van der Waals surface area contributed by atoms with Gasteiger partial charge in [0.25, 0.3) is 0 Å². The number of rotatable bonds is 3. The second-order valence-electron chi connectivity index (χ2n) is 4.06. The molecule has 0 fully saturated rings. The van der Waals surface area contributed by atoms with Gasteiger partial charge in [0.2, 0.25) is 11.8 Å². The highest BCUT2D eigenvalue weighted by Crippen LogP contribution is 2.17. The number of aromatic nitrogens is 4. The Balaban J connectivity index is 1.83. The molecule has 0 N–H and O–H groups in total. The summed E-state index contributed by atoms with van der Waals surface area (Å²) in [6.45, 7) is 0. The number of hydrogen-bond donors (Lipinski definition) is 0. The topological polar surface area (TPSA) is 56.7 Å². The molecule has 0 amide bonds. The van der Waals surface area contributed by atoms with Gasteiger partial charge < -0.3 is 8.98 Å². The van der Waals surface area contributed by atoms with Crippen molar-refractivity contribution in [3.63, 3.8) is 0 Å². The molecule has 0 unspecified atom stereocenters. The molecule has 0 saturated heterocycles. The molecule has 0 aliphatic carbocycles. The molecule has 0 aliphatic rings. The Bertz CT molecular complexity index is 697. The van der Waals surface area contributed by atoms with Crippen LogP contribution in [-0.2, 0) is 7.05 Å². The van der Waals surface area contributed by atoms with Crippen molar-refractivity contribution in [1.29, 1.82) is 0 Å².